The molecule has 0 aliphatic rings. The largest absolute Gasteiger partial charge is 0.394 e. The van der Waals surface area contributed by atoms with Crippen LogP contribution in [0.1, 0.15) is 88.0 Å². The van der Waals surface area contributed by atoms with Crippen molar-refractivity contribution in [3.05, 3.63) is 21.9 Å². The maximum Gasteiger partial charge on any atom is 0.219 e. The van der Waals surface area contributed by atoms with E-state index in [1.807, 2.05) is 19.1 Å². The van der Waals surface area contributed by atoms with Gasteiger partial charge in [-0.2, -0.15) is 0 Å². The van der Waals surface area contributed by atoms with E-state index in [9.17, 15) is 15.0 Å². The first kappa shape index (κ1) is 24.7. The number of likely N-dealkylation sites (N-methyl/N-ethyl adjacent to an activating group) is 1. The van der Waals surface area contributed by atoms with Gasteiger partial charge in [-0.1, -0.05) is 26.2 Å². The summed E-state index contributed by atoms with van der Waals surface area (Å²) in [5.74, 6) is 6.41. The van der Waals surface area contributed by atoms with Crippen LogP contribution in [-0.2, 0) is 11.2 Å². The Morgan fingerprint density at radius 3 is 2.36 bits per heavy atom. The molecular formula is C23H37NO3S. The number of aryl methyl sites for hydroxylation is 1. The summed E-state index contributed by atoms with van der Waals surface area (Å²) in [7, 11) is 0. The molecule has 4 nitrogen and oxygen atoms in total. The van der Waals surface area contributed by atoms with Gasteiger partial charge < -0.3 is 15.1 Å². The minimum Gasteiger partial charge on any atom is -0.394 e. The van der Waals surface area contributed by atoms with Crippen molar-refractivity contribution in [3.8, 4) is 11.8 Å². The molecule has 158 valence electrons. The molecule has 2 atom stereocenters. The van der Waals surface area contributed by atoms with Crippen molar-refractivity contribution in [1.82, 2.24) is 4.90 Å². The van der Waals surface area contributed by atoms with Crippen molar-refractivity contribution in [2.45, 2.75) is 90.7 Å². The molecule has 28 heavy (non-hydrogen) atoms. The lowest BCUT2D eigenvalue weighted by molar-refractivity contribution is -0.135. The number of carbonyl (C=O) groups excluding carboxylic acids is 1. The number of hydrogen-bond donors (Lipinski definition) is 2. The van der Waals surface area contributed by atoms with Crippen LogP contribution in [0.5, 0.6) is 0 Å². The van der Waals surface area contributed by atoms with Gasteiger partial charge in [-0.25, -0.2) is 0 Å². The second kappa shape index (κ2) is 14.6. The average molecular weight is 408 g/mol. The number of thiophene rings is 1. The van der Waals surface area contributed by atoms with E-state index in [2.05, 4.69) is 18.8 Å². The number of amides is 1. The van der Waals surface area contributed by atoms with Crippen molar-refractivity contribution in [2.24, 2.45) is 0 Å². The van der Waals surface area contributed by atoms with Crippen LogP contribution in [0, 0.1) is 11.8 Å². The lowest BCUT2D eigenvalue weighted by Crippen LogP contribution is -2.44. The molecule has 0 aromatic carbocycles. The maximum absolute atomic E-state index is 11.7. The molecule has 0 saturated carbocycles. The molecule has 2 N–H and O–H groups in total. The topological polar surface area (TPSA) is 60.8 Å². The summed E-state index contributed by atoms with van der Waals surface area (Å²) < 4.78 is 0. The number of aliphatic hydroxyl groups is 2. The summed E-state index contributed by atoms with van der Waals surface area (Å²) >= 11 is 1.57. The monoisotopic (exact) mass is 407 g/mol. The van der Waals surface area contributed by atoms with E-state index < -0.39 is 12.1 Å². The van der Waals surface area contributed by atoms with Crippen LogP contribution in [0.2, 0.25) is 0 Å². The number of aliphatic hydroxyl groups excluding tert-OH is 2. The highest BCUT2D eigenvalue weighted by Crippen LogP contribution is 2.29. The minimum absolute atomic E-state index is 0.135. The van der Waals surface area contributed by atoms with Gasteiger partial charge in [-0.3, -0.25) is 4.79 Å². The Hall–Kier alpha value is -1.35. The highest BCUT2D eigenvalue weighted by atomic mass is 32.1. The van der Waals surface area contributed by atoms with E-state index in [-0.39, 0.29) is 12.5 Å². The number of unbranched alkanes of at least 4 members (excludes halogenated alkanes) is 6. The number of rotatable bonds is 13. The maximum atomic E-state index is 11.7. The fraction of sp³-hybridized carbons (Fsp3) is 0.696. The van der Waals surface area contributed by atoms with E-state index in [1.54, 1.807) is 11.3 Å². The Bertz CT molecular complexity index is 617. The zero-order valence-corrected chi connectivity index (χ0v) is 18.6. The lowest BCUT2D eigenvalue weighted by atomic mass is 10.1. The third-order valence-electron chi connectivity index (χ3n) is 4.93. The predicted molar refractivity (Wildman–Crippen MR) is 117 cm³/mol. The van der Waals surface area contributed by atoms with Gasteiger partial charge in [0, 0.05) is 36.1 Å². The summed E-state index contributed by atoms with van der Waals surface area (Å²) in [6.07, 6.45) is 9.34. The van der Waals surface area contributed by atoms with E-state index in [4.69, 9.17) is 0 Å². The van der Waals surface area contributed by atoms with Crippen molar-refractivity contribution >= 4 is 17.2 Å². The van der Waals surface area contributed by atoms with Gasteiger partial charge in [0.25, 0.3) is 0 Å². The smallest absolute Gasteiger partial charge is 0.219 e. The Morgan fingerprint density at radius 2 is 1.79 bits per heavy atom. The molecule has 0 aliphatic carbocycles. The molecular weight excluding hydrogens is 370 g/mol. The van der Waals surface area contributed by atoms with Crippen LogP contribution in [0.15, 0.2) is 12.1 Å². The van der Waals surface area contributed by atoms with Crippen LogP contribution in [-0.4, -0.2) is 40.2 Å². The lowest BCUT2D eigenvalue weighted by Gasteiger charge is -2.31. The van der Waals surface area contributed by atoms with Gasteiger partial charge in [0.2, 0.25) is 5.91 Å². The molecule has 0 spiro atoms. The summed E-state index contributed by atoms with van der Waals surface area (Å²) in [5, 5.41) is 20.3. The van der Waals surface area contributed by atoms with Gasteiger partial charge in [-0.15, -0.1) is 23.2 Å². The number of nitrogens with zero attached hydrogens (tertiary/aromatic N) is 1. The Kier molecular flexibility index (Phi) is 12.9. The van der Waals surface area contributed by atoms with Gasteiger partial charge in [0.1, 0.15) is 6.10 Å². The van der Waals surface area contributed by atoms with E-state index >= 15 is 0 Å². The summed E-state index contributed by atoms with van der Waals surface area (Å²) in [6.45, 7) is 5.76. The third-order valence-corrected chi connectivity index (χ3v) is 6.14. The molecule has 5 heteroatoms. The molecule has 2 unspecified atom stereocenters. The first-order valence-corrected chi connectivity index (χ1v) is 11.5. The van der Waals surface area contributed by atoms with Gasteiger partial charge in [-0.05, 0) is 44.7 Å². The first-order chi connectivity index (χ1) is 13.5. The van der Waals surface area contributed by atoms with Crippen LogP contribution in [0.25, 0.3) is 0 Å². The van der Waals surface area contributed by atoms with Crippen LogP contribution < -0.4 is 0 Å². The molecule has 0 bridgehead atoms. The highest BCUT2D eigenvalue weighted by molar-refractivity contribution is 7.12. The van der Waals surface area contributed by atoms with Crippen molar-refractivity contribution < 1.29 is 15.0 Å². The van der Waals surface area contributed by atoms with Crippen molar-refractivity contribution in [1.29, 1.82) is 0 Å². The molecule has 1 heterocycles. The summed E-state index contributed by atoms with van der Waals surface area (Å²) in [4.78, 5) is 15.3. The van der Waals surface area contributed by atoms with Crippen molar-refractivity contribution in [3.63, 3.8) is 0 Å². The standard InChI is InChI=1S/C23H37NO3S/c1-4-6-7-8-9-10-11-12-13-14-15-20-16-17-22(28-20)23(27)21(18-25)24(5-2)19(3)26/h16-17,21,23,25,27H,4-9,12-15,18H2,1-3H3. The average Bonchev–Trinajstić information content (AvgIpc) is 3.15. The van der Waals surface area contributed by atoms with Gasteiger partial charge in [0.05, 0.1) is 12.6 Å². The second-order valence-electron chi connectivity index (χ2n) is 7.18. The Balaban J connectivity index is 2.39. The molecule has 0 aliphatic heterocycles. The molecule has 1 rings (SSSR count). The number of carbonyl (C=O) groups is 1. The second-order valence-corrected chi connectivity index (χ2v) is 8.38. The first-order valence-electron chi connectivity index (χ1n) is 10.7. The predicted octanol–water partition coefficient (Wildman–Crippen LogP) is 4.70. The Labute approximate surface area is 175 Å². The minimum atomic E-state index is -0.855. The molecule has 1 aromatic heterocycles. The summed E-state index contributed by atoms with van der Waals surface area (Å²) in [5.41, 5.74) is 0. The fourth-order valence-corrected chi connectivity index (χ4v) is 4.37. The highest BCUT2D eigenvalue weighted by Gasteiger charge is 2.28. The Morgan fingerprint density at radius 1 is 1.11 bits per heavy atom. The fourth-order valence-electron chi connectivity index (χ4n) is 3.27. The molecule has 0 fully saturated rings. The normalized spacial score (nSPS) is 12.9. The molecule has 0 saturated heterocycles. The summed E-state index contributed by atoms with van der Waals surface area (Å²) in [6, 6.07) is 3.36. The van der Waals surface area contributed by atoms with Crippen LogP contribution in [0.3, 0.4) is 0 Å². The van der Waals surface area contributed by atoms with E-state index in [0.29, 0.717) is 6.54 Å². The van der Waals surface area contributed by atoms with Crippen LogP contribution >= 0.6 is 11.3 Å². The zero-order chi connectivity index (χ0) is 20.8. The molecule has 0 radical (unpaired) electrons. The SMILES string of the molecule is CCCCCCC#CCCCCc1ccc(C(O)C(CO)N(CC)C(C)=O)s1. The van der Waals surface area contributed by atoms with Gasteiger partial charge in [0.15, 0.2) is 0 Å². The van der Waals surface area contributed by atoms with Crippen LogP contribution in [0.4, 0.5) is 0 Å². The van der Waals surface area contributed by atoms with Crippen molar-refractivity contribution in [2.75, 3.05) is 13.2 Å². The van der Waals surface area contributed by atoms with Gasteiger partial charge >= 0.3 is 0 Å². The number of hydrogen-bond acceptors (Lipinski definition) is 4. The van der Waals surface area contributed by atoms with E-state index in [1.165, 1.54) is 42.4 Å². The third kappa shape index (κ3) is 8.77. The zero-order valence-electron chi connectivity index (χ0n) is 17.7. The van der Waals surface area contributed by atoms with E-state index in [0.717, 1.165) is 37.0 Å². The molecule has 1 amide bonds. The molecule has 1 aromatic rings. The quantitative estimate of drug-likeness (QED) is 0.368.